The first-order valence-electron chi connectivity index (χ1n) is 7.88. The number of hydrogen-bond acceptors (Lipinski definition) is 3. The molecule has 0 unspecified atom stereocenters. The molecule has 0 aliphatic carbocycles. The van der Waals surface area contributed by atoms with Crippen LogP contribution < -0.4 is 10.1 Å². The van der Waals surface area contributed by atoms with Gasteiger partial charge >= 0.3 is 0 Å². The van der Waals surface area contributed by atoms with E-state index in [2.05, 4.69) is 25.2 Å². The van der Waals surface area contributed by atoms with Gasteiger partial charge in [0.25, 0.3) is 0 Å². The molecule has 120 valence electrons. The Morgan fingerprint density at radius 2 is 2.09 bits per heavy atom. The molecule has 4 rings (SSSR count). The first-order valence-corrected chi connectivity index (χ1v) is 8.87. The molecule has 2 aromatic carbocycles. The average Bonchev–Trinajstić information content (AvgIpc) is 2.55. The molecule has 0 bridgehead atoms. The second-order valence-corrected chi connectivity index (χ2v) is 7.89. The van der Waals surface area contributed by atoms with Gasteiger partial charge in [0.05, 0.1) is 13.2 Å². The Morgan fingerprint density at radius 1 is 1.26 bits per heavy atom. The lowest BCUT2D eigenvalue weighted by Gasteiger charge is -2.49. The molecular weight excluding hydrogens is 309 g/mol. The van der Waals surface area contributed by atoms with Crippen LogP contribution in [0.15, 0.2) is 41.3 Å². The summed E-state index contributed by atoms with van der Waals surface area (Å²) in [6, 6.07) is 11.5. The predicted octanol–water partition coefficient (Wildman–Crippen LogP) is 5.00. The van der Waals surface area contributed by atoms with Crippen molar-refractivity contribution in [2.24, 2.45) is 5.92 Å². The van der Waals surface area contributed by atoms with Gasteiger partial charge < -0.3 is 10.1 Å². The lowest BCUT2D eigenvalue weighted by molar-refractivity contribution is 0.285. The average molecular weight is 329 g/mol. The Labute approximate surface area is 140 Å². The number of rotatable bonds is 1. The molecule has 0 radical (unpaired) electrons. The minimum atomic E-state index is -0.168. The quantitative estimate of drug-likeness (QED) is 0.795. The summed E-state index contributed by atoms with van der Waals surface area (Å²) in [5.41, 5.74) is 3.23. The van der Waals surface area contributed by atoms with Crippen LogP contribution in [-0.4, -0.2) is 12.9 Å². The maximum Gasteiger partial charge on any atom is 0.125 e. The van der Waals surface area contributed by atoms with E-state index >= 15 is 0 Å². The molecule has 0 spiro atoms. The zero-order chi connectivity index (χ0) is 16.2. The molecule has 1 N–H and O–H groups in total. The molecule has 2 aliphatic rings. The van der Waals surface area contributed by atoms with Gasteiger partial charge in [-0.2, -0.15) is 0 Å². The van der Waals surface area contributed by atoms with Gasteiger partial charge in [0.1, 0.15) is 11.6 Å². The Bertz CT molecular complexity index is 760. The van der Waals surface area contributed by atoms with Crippen molar-refractivity contribution in [1.82, 2.24) is 0 Å². The van der Waals surface area contributed by atoms with Gasteiger partial charge in [-0.05, 0) is 41.3 Å². The van der Waals surface area contributed by atoms with Crippen LogP contribution in [0.25, 0.3) is 0 Å². The number of nitrogens with one attached hydrogen (secondary N) is 1. The van der Waals surface area contributed by atoms with E-state index in [1.54, 1.807) is 13.2 Å². The summed E-state index contributed by atoms with van der Waals surface area (Å²) in [6.45, 7) is 4.45. The molecule has 4 heteroatoms. The molecule has 2 nitrogen and oxygen atoms in total. The van der Waals surface area contributed by atoms with E-state index in [1.807, 2.05) is 30.0 Å². The van der Waals surface area contributed by atoms with E-state index in [0.717, 1.165) is 22.8 Å². The number of anilines is 1. The molecule has 2 heterocycles. The number of benzene rings is 2. The summed E-state index contributed by atoms with van der Waals surface area (Å²) in [7, 11) is 1.72. The van der Waals surface area contributed by atoms with Crippen LogP contribution in [0.3, 0.4) is 0 Å². The zero-order valence-corrected chi connectivity index (χ0v) is 14.3. The lowest BCUT2D eigenvalue weighted by atomic mass is 9.66. The van der Waals surface area contributed by atoms with E-state index in [4.69, 9.17) is 4.74 Å². The highest BCUT2D eigenvalue weighted by Gasteiger charge is 2.46. The van der Waals surface area contributed by atoms with Crippen molar-refractivity contribution < 1.29 is 9.13 Å². The summed E-state index contributed by atoms with van der Waals surface area (Å²) in [5.74, 6) is 2.16. The van der Waals surface area contributed by atoms with Crippen molar-refractivity contribution in [2.75, 3.05) is 18.2 Å². The fourth-order valence-corrected chi connectivity index (χ4v) is 5.48. The van der Waals surface area contributed by atoms with Crippen LogP contribution in [0.5, 0.6) is 5.75 Å². The van der Waals surface area contributed by atoms with E-state index in [-0.39, 0.29) is 17.3 Å². The zero-order valence-electron chi connectivity index (χ0n) is 13.5. The summed E-state index contributed by atoms with van der Waals surface area (Å²) >= 11 is 1.87. The third-order valence-electron chi connectivity index (χ3n) is 5.29. The molecule has 23 heavy (non-hydrogen) atoms. The van der Waals surface area contributed by atoms with Gasteiger partial charge in [-0.15, -0.1) is 11.8 Å². The van der Waals surface area contributed by atoms with E-state index in [9.17, 15) is 4.39 Å². The normalized spacial score (nSPS) is 24.0. The van der Waals surface area contributed by atoms with Crippen molar-refractivity contribution in [1.29, 1.82) is 0 Å². The van der Waals surface area contributed by atoms with Crippen molar-refractivity contribution in [2.45, 2.75) is 30.2 Å². The SMILES string of the molecule is COc1cccc2c1[C@H]1Nc3ccc(F)cc3C(C)(C)[C@H]1CS2. The molecule has 2 aliphatic heterocycles. The molecule has 0 aromatic heterocycles. The maximum atomic E-state index is 13.8. The van der Waals surface area contributed by atoms with Gasteiger partial charge in [0, 0.05) is 27.8 Å². The van der Waals surface area contributed by atoms with Crippen molar-refractivity contribution in [3.63, 3.8) is 0 Å². The largest absolute Gasteiger partial charge is 0.496 e. The van der Waals surface area contributed by atoms with Crippen LogP contribution in [0.1, 0.15) is 31.0 Å². The second-order valence-electron chi connectivity index (χ2n) is 6.82. The van der Waals surface area contributed by atoms with Crippen LogP contribution in [-0.2, 0) is 5.41 Å². The van der Waals surface area contributed by atoms with E-state index in [1.165, 1.54) is 16.5 Å². The van der Waals surface area contributed by atoms with Crippen LogP contribution in [0, 0.1) is 11.7 Å². The number of ether oxygens (including phenoxy) is 1. The standard InChI is InChI=1S/C19H20FNOS/c1-19(2)12-9-11(20)7-8-14(12)21-18-13(19)10-23-16-6-4-5-15(22-3)17(16)18/h4-9,13,18,21H,10H2,1-3H3/t13-,18-/m0/s1. The highest BCUT2D eigenvalue weighted by atomic mass is 32.2. The Hall–Kier alpha value is -1.68. The topological polar surface area (TPSA) is 21.3 Å². The molecule has 0 saturated heterocycles. The number of fused-ring (bicyclic) bond motifs is 4. The first kappa shape index (κ1) is 14.9. The monoisotopic (exact) mass is 329 g/mol. The highest BCUT2D eigenvalue weighted by Crippen LogP contribution is 2.55. The van der Waals surface area contributed by atoms with E-state index < -0.39 is 0 Å². The molecule has 2 aromatic rings. The van der Waals surface area contributed by atoms with Crippen molar-refractivity contribution in [3.8, 4) is 5.75 Å². The maximum absolute atomic E-state index is 13.8. The van der Waals surface area contributed by atoms with Crippen molar-refractivity contribution >= 4 is 17.4 Å². The fourth-order valence-electron chi connectivity index (χ4n) is 3.95. The van der Waals surface area contributed by atoms with Crippen LogP contribution in [0.2, 0.25) is 0 Å². The fraction of sp³-hybridized carbons (Fsp3) is 0.368. The smallest absolute Gasteiger partial charge is 0.125 e. The number of thioether (sulfide) groups is 1. The second kappa shape index (κ2) is 5.17. The van der Waals surface area contributed by atoms with E-state index in [0.29, 0.717) is 5.92 Å². The van der Waals surface area contributed by atoms with Gasteiger partial charge in [-0.3, -0.25) is 0 Å². The minimum absolute atomic E-state index is 0.0983. The third-order valence-corrected chi connectivity index (χ3v) is 6.48. The highest BCUT2D eigenvalue weighted by molar-refractivity contribution is 7.99. The Kier molecular flexibility index (Phi) is 3.34. The van der Waals surface area contributed by atoms with Gasteiger partial charge in [0.15, 0.2) is 0 Å². The molecule has 0 saturated carbocycles. The Morgan fingerprint density at radius 3 is 2.87 bits per heavy atom. The van der Waals surface area contributed by atoms with Crippen LogP contribution >= 0.6 is 11.8 Å². The lowest BCUT2D eigenvalue weighted by Crippen LogP contribution is -2.44. The van der Waals surface area contributed by atoms with Crippen LogP contribution in [0.4, 0.5) is 10.1 Å². The summed E-state index contributed by atoms with van der Waals surface area (Å²) in [4.78, 5) is 1.28. The predicted molar refractivity (Wildman–Crippen MR) is 93.0 cm³/mol. The number of halogens is 1. The summed E-state index contributed by atoms with van der Waals surface area (Å²) in [5, 5.41) is 3.65. The molecular formula is C19H20FNOS. The van der Waals surface area contributed by atoms with Crippen molar-refractivity contribution in [3.05, 3.63) is 53.3 Å². The van der Waals surface area contributed by atoms with Gasteiger partial charge in [-0.1, -0.05) is 19.9 Å². The molecule has 0 amide bonds. The van der Waals surface area contributed by atoms with Gasteiger partial charge in [-0.25, -0.2) is 4.39 Å². The molecule has 2 atom stereocenters. The third kappa shape index (κ3) is 2.15. The number of hydrogen-bond donors (Lipinski definition) is 1. The summed E-state index contributed by atoms with van der Waals surface area (Å²) < 4.78 is 19.4. The molecule has 0 fully saturated rings. The number of methoxy groups -OCH3 is 1. The summed E-state index contributed by atoms with van der Waals surface area (Å²) in [6.07, 6.45) is 0. The minimum Gasteiger partial charge on any atom is -0.496 e. The Balaban J connectivity index is 1.90. The first-order chi connectivity index (χ1) is 11.0. The van der Waals surface area contributed by atoms with Gasteiger partial charge in [0.2, 0.25) is 0 Å².